The molecule has 1 aliphatic rings. The van der Waals surface area contributed by atoms with Gasteiger partial charge in [0.25, 0.3) is 0 Å². The fraction of sp³-hybridized carbons (Fsp3) is 0.909. The molecule has 2 atom stereocenters. The molecule has 5 heteroatoms. The first-order valence-corrected chi connectivity index (χ1v) is 6.01. The van der Waals surface area contributed by atoms with Crippen LogP contribution >= 0.6 is 0 Å². The first kappa shape index (κ1) is 13.4. The third-order valence-corrected chi connectivity index (χ3v) is 3.04. The van der Waals surface area contributed by atoms with E-state index in [2.05, 4.69) is 4.90 Å². The van der Waals surface area contributed by atoms with E-state index in [1.165, 1.54) is 0 Å². The minimum Gasteiger partial charge on any atom is -0.377 e. The van der Waals surface area contributed by atoms with E-state index in [1.54, 1.807) is 0 Å². The molecule has 0 saturated carbocycles. The van der Waals surface area contributed by atoms with Crippen LogP contribution in [0.25, 0.3) is 0 Å². The number of nitrogens with two attached hydrogens (primary N) is 2. The Kier molecular flexibility index (Phi) is 5.73. The van der Waals surface area contributed by atoms with E-state index in [0.29, 0.717) is 13.0 Å². The van der Waals surface area contributed by atoms with E-state index < -0.39 is 0 Å². The predicted molar refractivity (Wildman–Crippen MR) is 62.9 cm³/mol. The molecule has 0 aromatic heterocycles. The molecule has 16 heavy (non-hydrogen) atoms. The van der Waals surface area contributed by atoms with Crippen LogP contribution in [-0.4, -0.2) is 49.2 Å². The summed E-state index contributed by atoms with van der Waals surface area (Å²) in [5.74, 6) is -0.283. The molecular formula is C11H23N3O2. The van der Waals surface area contributed by atoms with Gasteiger partial charge in [-0.1, -0.05) is 0 Å². The second kappa shape index (κ2) is 6.83. The molecule has 2 unspecified atom stereocenters. The van der Waals surface area contributed by atoms with Crippen LogP contribution < -0.4 is 11.5 Å². The predicted octanol–water partition coefficient (Wildman–Crippen LogP) is -0.310. The standard InChI is InChI=1S/C11H23N3O2/c1-2-16-10-4-3-5-14(8-10)9(7-12)6-11(13)15/h9-10H,2-8,12H2,1H3,(H2,13,15). The number of primary amides is 1. The largest absolute Gasteiger partial charge is 0.377 e. The highest BCUT2D eigenvalue weighted by Gasteiger charge is 2.26. The SMILES string of the molecule is CCOC1CCCN(C(CN)CC(N)=O)C1. The lowest BCUT2D eigenvalue weighted by Gasteiger charge is -2.37. The van der Waals surface area contributed by atoms with Crippen LogP contribution in [0, 0.1) is 0 Å². The molecule has 1 heterocycles. The summed E-state index contributed by atoms with van der Waals surface area (Å²) in [5.41, 5.74) is 10.9. The molecule has 0 spiro atoms. The number of likely N-dealkylation sites (tertiary alicyclic amines) is 1. The topological polar surface area (TPSA) is 81.6 Å². The summed E-state index contributed by atoms with van der Waals surface area (Å²) >= 11 is 0. The van der Waals surface area contributed by atoms with Crippen LogP contribution in [0.2, 0.25) is 0 Å². The number of ether oxygens (including phenoxy) is 1. The Morgan fingerprint density at radius 3 is 2.94 bits per heavy atom. The molecular weight excluding hydrogens is 206 g/mol. The van der Waals surface area contributed by atoms with E-state index >= 15 is 0 Å². The molecule has 0 bridgehead atoms. The molecule has 0 aromatic rings. The van der Waals surface area contributed by atoms with E-state index in [9.17, 15) is 4.79 Å². The van der Waals surface area contributed by atoms with E-state index in [4.69, 9.17) is 16.2 Å². The Morgan fingerprint density at radius 1 is 1.62 bits per heavy atom. The number of nitrogens with zero attached hydrogens (tertiary/aromatic N) is 1. The maximum Gasteiger partial charge on any atom is 0.219 e. The van der Waals surface area contributed by atoms with Gasteiger partial charge >= 0.3 is 0 Å². The maximum absolute atomic E-state index is 10.9. The summed E-state index contributed by atoms with van der Waals surface area (Å²) in [7, 11) is 0. The van der Waals surface area contributed by atoms with Gasteiger partial charge in [0.05, 0.1) is 6.10 Å². The molecule has 1 saturated heterocycles. The van der Waals surface area contributed by atoms with Crippen molar-refractivity contribution in [2.75, 3.05) is 26.2 Å². The molecule has 1 aliphatic heterocycles. The van der Waals surface area contributed by atoms with Crippen molar-refractivity contribution in [2.24, 2.45) is 11.5 Å². The van der Waals surface area contributed by atoms with Gasteiger partial charge in [-0.15, -0.1) is 0 Å². The molecule has 1 rings (SSSR count). The molecule has 4 N–H and O–H groups in total. The van der Waals surface area contributed by atoms with Gasteiger partial charge in [-0.2, -0.15) is 0 Å². The molecule has 0 radical (unpaired) electrons. The molecule has 5 nitrogen and oxygen atoms in total. The zero-order valence-corrected chi connectivity index (χ0v) is 10.0. The van der Waals surface area contributed by atoms with Crippen molar-refractivity contribution in [3.8, 4) is 0 Å². The van der Waals surface area contributed by atoms with Crippen molar-refractivity contribution in [3.63, 3.8) is 0 Å². The van der Waals surface area contributed by atoms with Crippen LogP contribution in [0.15, 0.2) is 0 Å². The lowest BCUT2D eigenvalue weighted by atomic mass is 10.0. The van der Waals surface area contributed by atoms with Crippen LogP contribution in [-0.2, 0) is 9.53 Å². The summed E-state index contributed by atoms with van der Waals surface area (Å²) in [4.78, 5) is 13.2. The summed E-state index contributed by atoms with van der Waals surface area (Å²) in [6.07, 6.45) is 2.81. The third kappa shape index (κ3) is 4.08. The van der Waals surface area contributed by atoms with Gasteiger partial charge in [-0.25, -0.2) is 0 Å². The highest BCUT2D eigenvalue weighted by atomic mass is 16.5. The zero-order chi connectivity index (χ0) is 12.0. The van der Waals surface area contributed by atoms with Gasteiger partial charge < -0.3 is 16.2 Å². The Labute approximate surface area is 97.1 Å². The Bertz CT molecular complexity index is 221. The smallest absolute Gasteiger partial charge is 0.219 e. The molecule has 1 fully saturated rings. The summed E-state index contributed by atoms with van der Waals surface area (Å²) < 4.78 is 5.61. The summed E-state index contributed by atoms with van der Waals surface area (Å²) in [6.45, 7) is 5.06. The number of piperidine rings is 1. The number of amides is 1. The van der Waals surface area contributed by atoms with Crippen molar-refractivity contribution in [3.05, 3.63) is 0 Å². The number of rotatable bonds is 6. The van der Waals surface area contributed by atoms with Crippen molar-refractivity contribution >= 4 is 5.91 Å². The fourth-order valence-electron chi connectivity index (χ4n) is 2.26. The van der Waals surface area contributed by atoms with E-state index in [0.717, 1.165) is 32.5 Å². The lowest BCUT2D eigenvalue weighted by Crippen LogP contribution is -2.49. The monoisotopic (exact) mass is 229 g/mol. The van der Waals surface area contributed by atoms with Crippen molar-refractivity contribution in [1.29, 1.82) is 0 Å². The molecule has 0 aliphatic carbocycles. The van der Waals surface area contributed by atoms with Gasteiger partial charge in [0.1, 0.15) is 0 Å². The molecule has 94 valence electrons. The van der Waals surface area contributed by atoms with Crippen molar-refractivity contribution in [2.45, 2.75) is 38.3 Å². The zero-order valence-electron chi connectivity index (χ0n) is 10.0. The second-order valence-corrected chi connectivity index (χ2v) is 4.27. The van der Waals surface area contributed by atoms with Gasteiger partial charge in [-0.3, -0.25) is 9.69 Å². The molecule has 0 aromatic carbocycles. The quantitative estimate of drug-likeness (QED) is 0.654. The average molecular weight is 229 g/mol. The number of hydrogen-bond donors (Lipinski definition) is 2. The van der Waals surface area contributed by atoms with Crippen LogP contribution in [0.4, 0.5) is 0 Å². The molecule has 1 amide bonds. The first-order chi connectivity index (χ1) is 7.67. The van der Waals surface area contributed by atoms with Gasteiger partial charge in [0.2, 0.25) is 5.91 Å². The summed E-state index contributed by atoms with van der Waals surface area (Å²) in [6, 6.07) is 0.0701. The minimum absolute atomic E-state index is 0.0701. The van der Waals surface area contributed by atoms with Crippen molar-refractivity contribution < 1.29 is 9.53 Å². The maximum atomic E-state index is 10.9. The average Bonchev–Trinajstić information content (AvgIpc) is 2.26. The number of carbonyl (C=O) groups excluding carboxylic acids is 1. The minimum atomic E-state index is -0.283. The van der Waals surface area contributed by atoms with Gasteiger partial charge in [0.15, 0.2) is 0 Å². The highest BCUT2D eigenvalue weighted by Crippen LogP contribution is 2.16. The third-order valence-electron chi connectivity index (χ3n) is 3.04. The normalized spacial score (nSPS) is 24.2. The number of carbonyl (C=O) groups is 1. The Hall–Kier alpha value is -0.650. The van der Waals surface area contributed by atoms with Crippen LogP contribution in [0.3, 0.4) is 0 Å². The Balaban J connectivity index is 2.46. The van der Waals surface area contributed by atoms with Gasteiger partial charge in [0, 0.05) is 32.2 Å². The van der Waals surface area contributed by atoms with Crippen molar-refractivity contribution in [1.82, 2.24) is 4.90 Å². The van der Waals surface area contributed by atoms with Crippen LogP contribution in [0.5, 0.6) is 0 Å². The van der Waals surface area contributed by atoms with Gasteiger partial charge in [-0.05, 0) is 26.3 Å². The van der Waals surface area contributed by atoms with E-state index in [1.807, 2.05) is 6.92 Å². The summed E-state index contributed by atoms with van der Waals surface area (Å²) in [5, 5.41) is 0. The second-order valence-electron chi connectivity index (χ2n) is 4.27. The number of hydrogen-bond acceptors (Lipinski definition) is 4. The Morgan fingerprint density at radius 2 is 2.38 bits per heavy atom. The highest BCUT2D eigenvalue weighted by molar-refractivity contribution is 5.74. The van der Waals surface area contributed by atoms with E-state index in [-0.39, 0.29) is 18.1 Å². The first-order valence-electron chi connectivity index (χ1n) is 6.01. The van der Waals surface area contributed by atoms with Crippen LogP contribution in [0.1, 0.15) is 26.2 Å². The fourth-order valence-corrected chi connectivity index (χ4v) is 2.26. The lowest BCUT2D eigenvalue weighted by molar-refractivity contribution is -0.119.